The molecule has 2 aromatic carbocycles. The van der Waals surface area contributed by atoms with Gasteiger partial charge in [-0.3, -0.25) is 9.59 Å². The van der Waals surface area contributed by atoms with Crippen molar-refractivity contribution in [3.8, 4) is 0 Å². The summed E-state index contributed by atoms with van der Waals surface area (Å²) in [6.45, 7) is -0.311. The lowest BCUT2D eigenvalue weighted by Gasteiger charge is -2.09. The number of benzene rings is 2. The number of carbonyl (C=O) groups excluding carboxylic acids is 2. The van der Waals surface area contributed by atoms with Gasteiger partial charge in [-0.25, -0.2) is 0 Å². The molecule has 1 N–H and O–H groups in total. The minimum Gasteiger partial charge on any atom is -0.337 e. The maximum Gasteiger partial charge on any atom is 0.454 e. The number of amides is 1. The molecule has 140 valence electrons. The van der Waals surface area contributed by atoms with Gasteiger partial charge in [0.2, 0.25) is 5.91 Å². The fourth-order valence-corrected chi connectivity index (χ4v) is 3.00. The van der Waals surface area contributed by atoms with Crippen LogP contribution in [0.3, 0.4) is 0 Å². The van der Waals surface area contributed by atoms with Crippen molar-refractivity contribution in [1.29, 1.82) is 0 Å². The zero-order valence-electron chi connectivity index (χ0n) is 13.5. The number of halogens is 5. The fourth-order valence-electron chi connectivity index (χ4n) is 2.66. The predicted molar refractivity (Wildman–Crippen MR) is 97.4 cm³/mol. The monoisotopic (exact) mass is 414 g/mol. The van der Waals surface area contributed by atoms with Gasteiger partial charge in [-0.2, -0.15) is 13.2 Å². The van der Waals surface area contributed by atoms with Crippen LogP contribution in [0, 0.1) is 0 Å². The van der Waals surface area contributed by atoms with Crippen LogP contribution in [0.4, 0.5) is 18.9 Å². The number of fused-ring (bicyclic) bond motifs is 1. The zero-order chi connectivity index (χ0) is 19.8. The van der Waals surface area contributed by atoms with E-state index >= 15 is 0 Å². The van der Waals surface area contributed by atoms with E-state index in [1.165, 1.54) is 22.8 Å². The van der Waals surface area contributed by atoms with Crippen LogP contribution in [0.2, 0.25) is 10.0 Å². The Morgan fingerprint density at radius 2 is 1.74 bits per heavy atom. The van der Waals surface area contributed by atoms with Crippen LogP contribution in [0.5, 0.6) is 0 Å². The smallest absolute Gasteiger partial charge is 0.337 e. The zero-order valence-corrected chi connectivity index (χ0v) is 15.0. The maximum atomic E-state index is 12.8. The average Bonchev–Trinajstić information content (AvgIpc) is 2.96. The Balaban J connectivity index is 1.92. The largest absolute Gasteiger partial charge is 0.454 e. The Morgan fingerprint density at radius 3 is 2.44 bits per heavy atom. The minimum absolute atomic E-state index is 0.119. The van der Waals surface area contributed by atoms with Gasteiger partial charge in [0.25, 0.3) is 5.78 Å². The first-order chi connectivity index (χ1) is 12.7. The summed E-state index contributed by atoms with van der Waals surface area (Å²) in [5, 5.41) is 3.07. The molecule has 0 aliphatic rings. The summed E-state index contributed by atoms with van der Waals surface area (Å²) >= 11 is 11.9. The Morgan fingerprint density at radius 1 is 1.04 bits per heavy atom. The average molecular weight is 415 g/mol. The lowest BCUT2D eigenvalue weighted by Crippen LogP contribution is -2.22. The summed E-state index contributed by atoms with van der Waals surface area (Å²) in [5.41, 5.74) is 0.0985. The molecule has 0 unspecified atom stereocenters. The van der Waals surface area contributed by atoms with Crippen molar-refractivity contribution in [2.75, 3.05) is 5.32 Å². The first-order valence-electron chi connectivity index (χ1n) is 7.61. The van der Waals surface area contributed by atoms with E-state index in [4.69, 9.17) is 23.2 Å². The number of carbonyl (C=O) groups is 2. The summed E-state index contributed by atoms with van der Waals surface area (Å²) < 4.78 is 39.8. The highest BCUT2D eigenvalue weighted by molar-refractivity contribution is 6.44. The molecule has 1 heterocycles. The molecule has 3 rings (SSSR count). The normalized spacial score (nSPS) is 11.6. The number of aromatic nitrogens is 1. The highest BCUT2D eigenvalue weighted by Crippen LogP contribution is 2.30. The van der Waals surface area contributed by atoms with Crippen molar-refractivity contribution in [1.82, 2.24) is 4.57 Å². The van der Waals surface area contributed by atoms with Gasteiger partial charge in [0.1, 0.15) is 6.54 Å². The molecule has 0 atom stereocenters. The molecule has 0 radical (unpaired) electrons. The van der Waals surface area contributed by atoms with Gasteiger partial charge >= 0.3 is 6.18 Å². The molecule has 3 aromatic rings. The highest BCUT2D eigenvalue weighted by atomic mass is 35.5. The Hall–Kier alpha value is -2.51. The number of ketones is 1. The van der Waals surface area contributed by atoms with E-state index in [1.807, 2.05) is 0 Å². The number of rotatable bonds is 4. The number of hydrogen-bond donors (Lipinski definition) is 1. The third-order valence-electron chi connectivity index (χ3n) is 3.83. The van der Waals surface area contributed by atoms with Crippen molar-refractivity contribution in [2.45, 2.75) is 12.7 Å². The molecule has 27 heavy (non-hydrogen) atoms. The van der Waals surface area contributed by atoms with Crippen molar-refractivity contribution in [2.24, 2.45) is 0 Å². The van der Waals surface area contributed by atoms with Crippen LogP contribution in [0.25, 0.3) is 10.9 Å². The summed E-state index contributed by atoms with van der Waals surface area (Å²) in [4.78, 5) is 24.0. The summed E-state index contributed by atoms with van der Waals surface area (Å²) in [6, 6.07) is 10.7. The fraction of sp³-hybridized carbons (Fsp3) is 0.111. The quantitative estimate of drug-likeness (QED) is 0.586. The molecular formula is C18H11Cl2F3N2O2. The molecule has 0 bridgehead atoms. The van der Waals surface area contributed by atoms with Crippen molar-refractivity contribution in [3.05, 3.63) is 64.3 Å². The number of anilines is 1. The number of para-hydroxylation sites is 1. The van der Waals surface area contributed by atoms with Crippen LogP contribution >= 0.6 is 23.2 Å². The van der Waals surface area contributed by atoms with Crippen LogP contribution in [0.15, 0.2) is 48.7 Å². The summed E-state index contributed by atoms with van der Waals surface area (Å²) in [7, 11) is 0. The Labute approximate surface area is 161 Å². The summed E-state index contributed by atoms with van der Waals surface area (Å²) in [6.07, 6.45) is -3.98. The molecule has 9 heteroatoms. The van der Waals surface area contributed by atoms with Crippen molar-refractivity contribution in [3.63, 3.8) is 0 Å². The molecule has 1 aromatic heterocycles. The topological polar surface area (TPSA) is 51.1 Å². The maximum absolute atomic E-state index is 12.8. The molecule has 0 fully saturated rings. The number of alkyl halides is 3. The predicted octanol–water partition coefficient (Wildman–Crippen LogP) is 5.33. The standard InChI is InChI=1S/C18H11Cl2F3N2O2/c19-12-5-3-6-13(16(12)20)24-15(26)9-25-8-11(17(27)18(21,22)23)10-4-1-2-7-14(10)25/h1-8H,9H2,(H,24,26). The van der Waals surface area contributed by atoms with Gasteiger partial charge in [0.15, 0.2) is 0 Å². The van der Waals surface area contributed by atoms with Crippen molar-refractivity contribution >= 4 is 51.5 Å². The second-order valence-corrected chi connectivity index (χ2v) is 6.45. The van der Waals surface area contributed by atoms with E-state index in [0.29, 0.717) is 5.52 Å². The molecule has 0 saturated heterocycles. The van der Waals surface area contributed by atoms with E-state index in [9.17, 15) is 22.8 Å². The third kappa shape index (κ3) is 3.94. The molecule has 4 nitrogen and oxygen atoms in total. The van der Waals surface area contributed by atoms with E-state index in [-0.39, 0.29) is 27.7 Å². The SMILES string of the molecule is O=C(Cn1cc(C(=O)C(F)(F)F)c2ccccc21)Nc1cccc(Cl)c1Cl. The van der Waals surface area contributed by atoms with E-state index < -0.39 is 23.4 Å². The molecule has 0 spiro atoms. The van der Waals surface area contributed by atoms with E-state index in [0.717, 1.165) is 6.20 Å². The molecule has 0 aliphatic carbocycles. The van der Waals surface area contributed by atoms with Crippen LogP contribution in [-0.2, 0) is 11.3 Å². The molecular weight excluding hydrogens is 404 g/mol. The Kier molecular flexibility index (Phi) is 5.17. The second kappa shape index (κ2) is 7.25. The van der Waals surface area contributed by atoms with Gasteiger partial charge in [-0.1, -0.05) is 47.5 Å². The lowest BCUT2D eigenvalue weighted by atomic mass is 10.1. The van der Waals surface area contributed by atoms with Gasteiger partial charge in [-0.15, -0.1) is 0 Å². The van der Waals surface area contributed by atoms with Crippen LogP contribution in [0.1, 0.15) is 10.4 Å². The van der Waals surface area contributed by atoms with Crippen LogP contribution < -0.4 is 5.32 Å². The van der Waals surface area contributed by atoms with Crippen molar-refractivity contribution < 1.29 is 22.8 Å². The molecule has 0 aliphatic heterocycles. The van der Waals surface area contributed by atoms with Gasteiger partial charge < -0.3 is 9.88 Å². The number of nitrogens with zero attached hydrogens (tertiary/aromatic N) is 1. The second-order valence-electron chi connectivity index (χ2n) is 5.66. The van der Waals surface area contributed by atoms with Gasteiger partial charge in [0, 0.05) is 17.1 Å². The first-order valence-corrected chi connectivity index (χ1v) is 8.37. The Bertz CT molecular complexity index is 1040. The number of Topliss-reactive ketones (excluding diaryl/α,β-unsaturated/α-hetero) is 1. The first kappa shape index (κ1) is 19.3. The minimum atomic E-state index is -5.01. The number of hydrogen-bond acceptors (Lipinski definition) is 2. The highest BCUT2D eigenvalue weighted by Gasteiger charge is 2.40. The molecule has 0 saturated carbocycles. The lowest BCUT2D eigenvalue weighted by molar-refractivity contribution is -0.116. The molecule has 1 amide bonds. The van der Waals surface area contributed by atoms with Gasteiger partial charge in [0.05, 0.1) is 21.3 Å². The summed E-state index contributed by atoms with van der Waals surface area (Å²) in [5.74, 6) is -2.50. The number of nitrogens with one attached hydrogen (secondary N) is 1. The van der Waals surface area contributed by atoms with E-state index in [1.54, 1.807) is 24.3 Å². The van der Waals surface area contributed by atoms with Crippen LogP contribution in [-0.4, -0.2) is 22.4 Å². The van der Waals surface area contributed by atoms with E-state index in [2.05, 4.69) is 5.32 Å². The third-order valence-corrected chi connectivity index (χ3v) is 4.65. The van der Waals surface area contributed by atoms with Gasteiger partial charge in [-0.05, 0) is 18.2 Å².